The van der Waals surface area contributed by atoms with Gasteiger partial charge in [-0.15, -0.1) is 0 Å². The predicted octanol–water partition coefficient (Wildman–Crippen LogP) is 1.39. The van der Waals surface area contributed by atoms with Gasteiger partial charge < -0.3 is 15.5 Å². The lowest BCUT2D eigenvalue weighted by atomic mass is 10.2. The molecule has 4 nitrogen and oxygen atoms in total. The van der Waals surface area contributed by atoms with E-state index in [0.717, 1.165) is 35.9 Å². The summed E-state index contributed by atoms with van der Waals surface area (Å²) in [6.45, 7) is 3.00. The van der Waals surface area contributed by atoms with E-state index in [1.807, 2.05) is 19.2 Å². The Labute approximate surface area is 112 Å². The molecule has 0 aliphatic carbocycles. The lowest BCUT2D eigenvalue weighted by Crippen LogP contribution is -2.28. The van der Waals surface area contributed by atoms with Crippen molar-refractivity contribution in [1.82, 2.24) is 10.6 Å². The van der Waals surface area contributed by atoms with Gasteiger partial charge in [0.15, 0.2) is 0 Å². The lowest BCUT2D eigenvalue weighted by Gasteiger charge is -2.23. The number of hydrogen-bond donors (Lipinski definition) is 2. The van der Waals surface area contributed by atoms with Gasteiger partial charge in [0.2, 0.25) is 5.91 Å². The van der Waals surface area contributed by atoms with Crippen LogP contribution in [0.4, 0.5) is 5.69 Å². The van der Waals surface area contributed by atoms with Gasteiger partial charge in [0, 0.05) is 32.6 Å². The van der Waals surface area contributed by atoms with Gasteiger partial charge in [-0.1, -0.05) is 17.7 Å². The highest BCUT2D eigenvalue weighted by Gasteiger charge is 2.15. The van der Waals surface area contributed by atoms with Crippen molar-refractivity contribution in [2.45, 2.75) is 13.0 Å². The molecule has 1 fully saturated rings. The van der Waals surface area contributed by atoms with Gasteiger partial charge in [-0.05, 0) is 24.7 Å². The average molecular weight is 268 g/mol. The quantitative estimate of drug-likeness (QED) is 0.870. The highest BCUT2D eigenvalue weighted by Crippen LogP contribution is 2.27. The molecule has 2 rings (SSSR count). The van der Waals surface area contributed by atoms with Crippen molar-refractivity contribution in [3.63, 3.8) is 0 Å². The van der Waals surface area contributed by atoms with E-state index in [9.17, 15) is 4.79 Å². The summed E-state index contributed by atoms with van der Waals surface area (Å²) >= 11 is 6.31. The number of hydrogen-bond acceptors (Lipinski definition) is 3. The van der Waals surface area contributed by atoms with Crippen LogP contribution in [0, 0.1) is 0 Å². The van der Waals surface area contributed by atoms with Gasteiger partial charge in [-0.2, -0.15) is 0 Å². The van der Waals surface area contributed by atoms with Gasteiger partial charge in [0.05, 0.1) is 10.7 Å². The monoisotopic (exact) mass is 267 g/mol. The van der Waals surface area contributed by atoms with Gasteiger partial charge in [0.1, 0.15) is 0 Å². The van der Waals surface area contributed by atoms with Crippen molar-refractivity contribution >= 4 is 23.2 Å². The Morgan fingerprint density at radius 3 is 3.00 bits per heavy atom. The summed E-state index contributed by atoms with van der Waals surface area (Å²) in [4.78, 5) is 13.5. The van der Waals surface area contributed by atoms with Crippen LogP contribution in [0.1, 0.15) is 12.0 Å². The summed E-state index contributed by atoms with van der Waals surface area (Å²) in [7, 11) is 1.91. The molecule has 1 aliphatic rings. The van der Waals surface area contributed by atoms with Gasteiger partial charge >= 0.3 is 0 Å². The Balaban J connectivity index is 2.14. The molecule has 0 bridgehead atoms. The molecule has 1 aliphatic heterocycles. The van der Waals surface area contributed by atoms with Crippen LogP contribution in [-0.2, 0) is 11.3 Å². The minimum absolute atomic E-state index is 0.112. The fraction of sp³-hybridized carbons (Fsp3) is 0.462. The Kier molecular flexibility index (Phi) is 4.44. The van der Waals surface area contributed by atoms with Crippen molar-refractivity contribution < 1.29 is 4.79 Å². The standard InChI is InChI=1S/C13H18ClN3O/c1-15-9-10-2-3-12(11(14)8-10)17-6-4-13(18)16-5-7-17/h2-3,8,15H,4-7,9H2,1H3,(H,16,18). The Morgan fingerprint density at radius 2 is 2.28 bits per heavy atom. The smallest absolute Gasteiger partial charge is 0.221 e. The summed E-state index contributed by atoms with van der Waals surface area (Å²) in [5.41, 5.74) is 2.17. The maximum absolute atomic E-state index is 11.3. The van der Waals surface area contributed by atoms with Crippen molar-refractivity contribution in [2.24, 2.45) is 0 Å². The fourth-order valence-corrected chi connectivity index (χ4v) is 2.45. The first-order valence-electron chi connectivity index (χ1n) is 6.15. The first-order valence-corrected chi connectivity index (χ1v) is 6.53. The van der Waals surface area contributed by atoms with E-state index in [-0.39, 0.29) is 5.91 Å². The molecule has 98 valence electrons. The third-order valence-electron chi connectivity index (χ3n) is 3.05. The average Bonchev–Trinajstić information content (AvgIpc) is 2.55. The lowest BCUT2D eigenvalue weighted by molar-refractivity contribution is -0.120. The molecule has 1 aromatic rings. The third kappa shape index (κ3) is 3.15. The largest absolute Gasteiger partial charge is 0.368 e. The number of benzene rings is 1. The maximum Gasteiger partial charge on any atom is 0.221 e. The number of halogens is 1. The van der Waals surface area contributed by atoms with Crippen LogP contribution < -0.4 is 15.5 Å². The second kappa shape index (κ2) is 6.07. The highest BCUT2D eigenvalue weighted by atomic mass is 35.5. The van der Waals surface area contributed by atoms with Gasteiger partial charge in [-0.25, -0.2) is 0 Å². The zero-order valence-electron chi connectivity index (χ0n) is 10.5. The number of anilines is 1. The van der Waals surface area contributed by atoms with E-state index in [2.05, 4.69) is 21.6 Å². The second-order valence-electron chi connectivity index (χ2n) is 4.40. The SMILES string of the molecule is CNCc1ccc(N2CCNC(=O)CC2)c(Cl)c1. The van der Waals surface area contributed by atoms with Crippen LogP contribution in [-0.4, -0.2) is 32.6 Å². The minimum atomic E-state index is 0.112. The summed E-state index contributed by atoms with van der Waals surface area (Å²) < 4.78 is 0. The molecule has 0 radical (unpaired) electrons. The van der Waals surface area contributed by atoms with Crippen LogP contribution in [0.2, 0.25) is 5.02 Å². The van der Waals surface area contributed by atoms with Crippen LogP contribution >= 0.6 is 11.6 Å². The molecule has 0 spiro atoms. The molecule has 1 amide bonds. The van der Waals surface area contributed by atoms with Gasteiger partial charge in [-0.3, -0.25) is 4.79 Å². The number of rotatable bonds is 3. The van der Waals surface area contributed by atoms with Crippen LogP contribution in [0.5, 0.6) is 0 Å². The number of amides is 1. The molecule has 1 heterocycles. The zero-order valence-corrected chi connectivity index (χ0v) is 11.3. The molecular weight excluding hydrogens is 250 g/mol. The zero-order chi connectivity index (χ0) is 13.0. The van der Waals surface area contributed by atoms with Crippen LogP contribution in [0.15, 0.2) is 18.2 Å². The molecule has 5 heteroatoms. The van der Waals surface area contributed by atoms with Crippen LogP contribution in [0.25, 0.3) is 0 Å². The van der Waals surface area contributed by atoms with Gasteiger partial charge in [0.25, 0.3) is 0 Å². The normalized spacial score (nSPS) is 16.3. The van der Waals surface area contributed by atoms with E-state index >= 15 is 0 Å². The number of nitrogens with one attached hydrogen (secondary N) is 2. The molecule has 0 unspecified atom stereocenters. The Hall–Kier alpha value is -1.26. The van der Waals surface area contributed by atoms with Crippen molar-refractivity contribution in [3.8, 4) is 0 Å². The highest BCUT2D eigenvalue weighted by molar-refractivity contribution is 6.33. The summed E-state index contributed by atoms with van der Waals surface area (Å²) in [5.74, 6) is 0.112. The van der Waals surface area contributed by atoms with E-state index in [0.29, 0.717) is 13.0 Å². The summed E-state index contributed by atoms with van der Waals surface area (Å²) in [6.07, 6.45) is 0.522. The molecular formula is C13H18ClN3O. The molecule has 1 aromatic carbocycles. The molecule has 0 aromatic heterocycles. The molecule has 0 atom stereocenters. The molecule has 1 saturated heterocycles. The maximum atomic E-state index is 11.3. The first-order chi connectivity index (χ1) is 8.70. The predicted molar refractivity (Wildman–Crippen MR) is 74.1 cm³/mol. The van der Waals surface area contributed by atoms with E-state index in [1.54, 1.807) is 0 Å². The summed E-state index contributed by atoms with van der Waals surface area (Å²) in [6, 6.07) is 6.08. The molecule has 0 saturated carbocycles. The first kappa shape index (κ1) is 13.2. The van der Waals surface area contributed by atoms with E-state index < -0.39 is 0 Å². The number of carbonyl (C=O) groups excluding carboxylic acids is 1. The van der Waals surface area contributed by atoms with E-state index in [1.165, 1.54) is 0 Å². The van der Waals surface area contributed by atoms with Crippen molar-refractivity contribution in [2.75, 3.05) is 31.6 Å². The number of nitrogens with zero attached hydrogens (tertiary/aromatic N) is 1. The molecule has 2 N–H and O–H groups in total. The summed E-state index contributed by atoms with van der Waals surface area (Å²) in [5, 5.41) is 6.71. The van der Waals surface area contributed by atoms with E-state index in [4.69, 9.17) is 11.6 Å². The fourth-order valence-electron chi connectivity index (χ4n) is 2.13. The second-order valence-corrected chi connectivity index (χ2v) is 4.81. The number of carbonyl (C=O) groups is 1. The van der Waals surface area contributed by atoms with Crippen LogP contribution in [0.3, 0.4) is 0 Å². The Bertz CT molecular complexity index is 436. The van der Waals surface area contributed by atoms with Crippen molar-refractivity contribution in [1.29, 1.82) is 0 Å². The topological polar surface area (TPSA) is 44.4 Å². The van der Waals surface area contributed by atoms with Crippen molar-refractivity contribution in [3.05, 3.63) is 28.8 Å². The Morgan fingerprint density at radius 1 is 1.44 bits per heavy atom. The minimum Gasteiger partial charge on any atom is -0.368 e. The molecule has 18 heavy (non-hydrogen) atoms. The third-order valence-corrected chi connectivity index (χ3v) is 3.35.